The Bertz CT molecular complexity index is 644. The second-order valence-electron chi connectivity index (χ2n) is 4.63. The van der Waals surface area contributed by atoms with E-state index in [9.17, 15) is 9.59 Å². The van der Waals surface area contributed by atoms with E-state index in [0.29, 0.717) is 11.0 Å². The van der Waals surface area contributed by atoms with Gasteiger partial charge in [0.25, 0.3) is 0 Å². The highest BCUT2D eigenvalue weighted by atomic mass is 79.9. The highest BCUT2D eigenvalue weighted by molar-refractivity contribution is 9.10. The number of halogens is 1. The SMILES string of the molecule is CC(C)COC(=O)OC(=O)c1coc2ccc(Br)cc12. The summed E-state index contributed by atoms with van der Waals surface area (Å²) in [5, 5.41) is 0.570. The summed E-state index contributed by atoms with van der Waals surface area (Å²) in [6.07, 6.45) is 0.253. The zero-order chi connectivity index (χ0) is 14.7. The second-order valence-corrected chi connectivity index (χ2v) is 5.55. The number of hydrogen-bond donors (Lipinski definition) is 0. The van der Waals surface area contributed by atoms with E-state index in [1.165, 1.54) is 6.26 Å². The Morgan fingerprint density at radius 2 is 2.10 bits per heavy atom. The molecule has 1 aromatic carbocycles. The molecule has 0 aliphatic carbocycles. The zero-order valence-corrected chi connectivity index (χ0v) is 12.6. The van der Waals surface area contributed by atoms with Crippen molar-refractivity contribution >= 4 is 39.0 Å². The molecule has 0 atom stereocenters. The van der Waals surface area contributed by atoms with E-state index in [4.69, 9.17) is 9.15 Å². The van der Waals surface area contributed by atoms with Gasteiger partial charge >= 0.3 is 12.1 Å². The molecule has 20 heavy (non-hydrogen) atoms. The minimum absolute atomic E-state index is 0.170. The molecule has 5 nitrogen and oxygen atoms in total. The first kappa shape index (κ1) is 14.6. The maximum Gasteiger partial charge on any atom is 0.516 e. The van der Waals surface area contributed by atoms with Crippen LogP contribution in [-0.4, -0.2) is 18.7 Å². The molecule has 0 aliphatic heterocycles. The van der Waals surface area contributed by atoms with Crippen LogP contribution in [0.3, 0.4) is 0 Å². The number of carbonyl (C=O) groups is 2. The Hall–Kier alpha value is -1.82. The Labute approximate surface area is 124 Å². The number of carbonyl (C=O) groups excluding carboxylic acids is 2. The lowest BCUT2D eigenvalue weighted by Gasteiger charge is -2.06. The number of hydrogen-bond acceptors (Lipinski definition) is 5. The third kappa shape index (κ3) is 3.39. The second kappa shape index (κ2) is 6.09. The van der Waals surface area contributed by atoms with E-state index in [1.807, 2.05) is 13.8 Å². The van der Waals surface area contributed by atoms with Crippen LogP contribution in [0.5, 0.6) is 0 Å². The predicted octanol–water partition coefficient (Wildman–Crippen LogP) is 4.14. The molecule has 6 heteroatoms. The van der Waals surface area contributed by atoms with Crippen molar-refractivity contribution in [3.8, 4) is 0 Å². The van der Waals surface area contributed by atoms with Crippen LogP contribution in [0.2, 0.25) is 0 Å². The molecule has 0 spiro atoms. The zero-order valence-electron chi connectivity index (χ0n) is 11.0. The quantitative estimate of drug-likeness (QED) is 0.620. The molecule has 1 heterocycles. The van der Waals surface area contributed by atoms with Gasteiger partial charge in [-0.2, -0.15) is 0 Å². The van der Waals surface area contributed by atoms with Gasteiger partial charge in [-0.25, -0.2) is 9.59 Å². The van der Waals surface area contributed by atoms with Gasteiger partial charge in [-0.3, -0.25) is 0 Å². The maximum absolute atomic E-state index is 11.9. The summed E-state index contributed by atoms with van der Waals surface area (Å²) in [7, 11) is 0. The van der Waals surface area contributed by atoms with E-state index >= 15 is 0 Å². The van der Waals surface area contributed by atoms with Gasteiger partial charge in [0.1, 0.15) is 17.4 Å². The van der Waals surface area contributed by atoms with Crippen LogP contribution in [-0.2, 0) is 9.47 Å². The summed E-state index contributed by atoms with van der Waals surface area (Å²) in [6, 6.07) is 5.22. The molecule has 0 saturated carbocycles. The molecule has 0 aliphatic rings. The minimum atomic E-state index is -1.01. The van der Waals surface area contributed by atoms with Crippen LogP contribution in [0.4, 0.5) is 4.79 Å². The summed E-state index contributed by atoms with van der Waals surface area (Å²) in [4.78, 5) is 23.2. The summed E-state index contributed by atoms with van der Waals surface area (Å²) >= 11 is 3.31. The Balaban J connectivity index is 2.11. The molecule has 2 aromatic rings. The summed E-state index contributed by atoms with van der Waals surface area (Å²) in [5.74, 6) is -0.626. The first-order chi connectivity index (χ1) is 9.47. The van der Waals surface area contributed by atoms with Crippen molar-refractivity contribution in [2.45, 2.75) is 13.8 Å². The summed E-state index contributed by atoms with van der Waals surface area (Å²) in [5.41, 5.74) is 0.721. The molecule has 0 N–H and O–H groups in total. The van der Waals surface area contributed by atoms with Gasteiger partial charge < -0.3 is 13.9 Å². The first-order valence-electron chi connectivity index (χ1n) is 6.03. The van der Waals surface area contributed by atoms with Crippen LogP contribution in [0.1, 0.15) is 24.2 Å². The van der Waals surface area contributed by atoms with Crippen molar-refractivity contribution in [3.05, 3.63) is 34.5 Å². The molecule has 2 rings (SSSR count). The lowest BCUT2D eigenvalue weighted by atomic mass is 10.2. The standard InChI is InChI=1S/C14H13BrO5/c1-8(2)6-19-14(17)20-13(16)11-7-18-12-4-3-9(15)5-10(11)12/h3-5,7-8H,6H2,1-2H3. The Kier molecular flexibility index (Phi) is 4.44. The number of esters is 1. The Morgan fingerprint density at radius 1 is 1.35 bits per heavy atom. The summed E-state index contributed by atoms with van der Waals surface area (Å²) < 4.78 is 15.4. The van der Waals surface area contributed by atoms with Gasteiger partial charge in [-0.05, 0) is 24.1 Å². The van der Waals surface area contributed by atoms with Crippen molar-refractivity contribution in [2.75, 3.05) is 6.61 Å². The van der Waals surface area contributed by atoms with E-state index in [2.05, 4.69) is 20.7 Å². The fraction of sp³-hybridized carbons (Fsp3) is 0.286. The van der Waals surface area contributed by atoms with E-state index in [0.717, 1.165) is 4.47 Å². The highest BCUT2D eigenvalue weighted by Crippen LogP contribution is 2.25. The maximum atomic E-state index is 11.9. The molecular formula is C14H13BrO5. The normalized spacial score (nSPS) is 10.8. The van der Waals surface area contributed by atoms with Gasteiger partial charge in [0.2, 0.25) is 0 Å². The molecule has 1 aromatic heterocycles. The topological polar surface area (TPSA) is 65.7 Å². The van der Waals surface area contributed by atoms with Crippen molar-refractivity contribution in [1.82, 2.24) is 0 Å². The smallest absolute Gasteiger partial charge is 0.463 e. The van der Waals surface area contributed by atoms with Crippen molar-refractivity contribution in [3.63, 3.8) is 0 Å². The average molecular weight is 341 g/mol. The highest BCUT2D eigenvalue weighted by Gasteiger charge is 2.19. The molecular weight excluding hydrogens is 328 g/mol. The summed E-state index contributed by atoms with van der Waals surface area (Å²) in [6.45, 7) is 3.97. The number of fused-ring (bicyclic) bond motifs is 1. The molecule has 106 valence electrons. The third-order valence-electron chi connectivity index (χ3n) is 2.47. The van der Waals surface area contributed by atoms with Gasteiger partial charge in [-0.15, -0.1) is 0 Å². The molecule has 0 bridgehead atoms. The van der Waals surface area contributed by atoms with E-state index in [1.54, 1.807) is 18.2 Å². The molecule has 0 fully saturated rings. The van der Waals surface area contributed by atoms with E-state index < -0.39 is 12.1 Å². The number of rotatable bonds is 3. The van der Waals surface area contributed by atoms with Crippen LogP contribution in [0, 0.1) is 5.92 Å². The molecule has 0 radical (unpaired) electrons. The number of furan rings is 1. The average Bonchev–Trinajstić information content (AvgIpc) is 2.79. The van der Waals surface area contributed by atoms with Crippen molar-refractivity contribution in [2.24, 2.45) is 5.92 Å². The van der Waals surface area contributed by atoms with Crippen LogP contribution in [0.15, 0.2) is 33.4 Å². The third-order valence-corrected chi connectivity index (χ3v) is 2.96. The van der Waals surface area contributed by atoms with Gasteiger partial charge in [-0.1, -0.05) is 29.8 Å². The van der Waals surface area contributed by atoms with Crippen LogP contribution < -0.4 is 0 Å². The molecule has 0 unspecified atom stereocenters. The fourth-order valence-electron chi connectivity index (χ4n) is 1.55. The number of benzene rings is 1. The largest absolute Gasteiger partial charge is 0.516 e. The van der Waals surface area contributed by atoms with Gasteiger partial charge in [0, 0.05) is 9.86 Å². The molecule has 0 saturated heterocycles. The lowest BCUT2D eigenvalue weighted by molar-refractivity contribution is 0.0352. The van der Waals surface area contributed by atoms with Crippen LogP contribution >= 0.6 is 15.9 Å². The van der Waals surface area contributed by atoms with E-state index in [-0.39, 0.29) is 18.1 Å². The monoisotopic (exact) mass is 340 g/mol. The van der Waals surface area contributed by atoms with Crippen molar-refractivity contribution in [1.29, 1.82) is 0 Å². The number of ether oxygens (including phenoxy) is 2. The predicted molar refractivity (Wildman–Crippen MR) is 75.5 cm³/mol. The van der Waals surface area contributed by atoms with Crippen LogP contribution in [0.25, 0.3) is 11.0 Å². The van der Waals surface area contributed by atoms with Crippen molar-refractivity contribution < 1.29 is 23.5 Å². The minimum Gasteiger partial charge on any atom is -0.463 e. The Morgan fingerprint density at radius 3 is 2.80 bits per heavy atom. The first-order valence-corrected chi connectivity index (χ1v) is 6.82. The van der Waals surface area contributed by atoms with Gasteiger partial charge in [0.05, 0.1) is 6.61 Å². The van der Waals surface area contributed by atoms with Gasteiger partial charge in [0.15, 0.2) is 0 Å². The fourth-order valence-corrected chi connectivity index (χ4v) is 1.92. The lowest BCUT2D eigenvalue weighted by Crippen LogP contribution is -2.16. The molecule has 0 amide bonds.